The Kier molecular flexibility index (Phi) is 8.52. The first-order chi connectivity index (χ1) is 12.1. The number of amides is 1. The molecule has 146 valence electrons. The van der Waals surface area contributed by atoms with Crippen molar-refractivity contribution in [2.24, 2.45) is 0 Å². The largest absolute Gasteiger partial charge is 0.467 e. The van der Waals surface area contributed by atoms with Crippen LogP contribution in [0, 0.1) is 13.8 Å². The van der Waals surface area contributed by atoms with Crippen LogP contribution in [-0.2, 0) is 24.3 Å². The molecule has 1 aromatic carbocycles. The second kappa shape index (κ2) is 9.89. The molecule has 0 aliphatic carbocycles. The number of ether oxygens (including phenoxy) is 1. The molecule has 0 aromatic heterocycles. The summed E-state index contributed by atoms with van der Waals surface area (Å²) < 4.78 is 31.8. The van der Waals surface area contributed by atoms with E-state index in [0.717, 1.165) is 12.8 Å². The van der Waals surface area contributed by atoms with Crippen molar-refractivity contribution in [3.63, 3.8) is 0 Å². The maximum atomic E-state index is 12.4. The van der Waals surface area contributed by atoms with Crippen molar-refractivity contribution in [2.75, 3.05) is 13.7 Å². The third kappa shape index (κ3) is 6.26. The Morgan fingerprint density at radius 2 is 1.88 bits per heavy atom. The van der Waals surface area contributed by atoms with Crippen molar-refractivity contribution in [2.45, 2.75) is 51.0 Å². The fourth-order valence-corrected chi connectivity index (χ4v) is 3.84. The Morgan fingerprint density at radius 3 is 2.46 bits per heavy atom. The molecule has 0 aliphatic heterocycles. The van der Waals surface area contributed by atoms with Crippen LogP contribution < -0.4 is 10.0 Å². The number of carbonyl (C=O) groups is 2. The van der Waals surface area contributed by atoms with Crippen molar-refractivity contribution in [1.29, 1.82) is 0 Å². The molecule has 0 saturated carbocycles. The van der Waals surface area contributed by atoms with E-state index in [2.05, 4.69) is 14.8 Å². The maximum Gasteiger partial charge on any atom is 0.328 e. The zero-order valence-electron chi connectivity index (χ0n) is 15.4. The van der Waals surface area contributed by atoms with Gasteiger partial charge in [0.1, 0.15) is 6.04 Å². The second-order valence-electron chi connectivity index (χ2n) is 5.98. The summed E-state index contributed by atoms with van der Waals surface area (Å²) in [6.45, 7) is 4.80. The lowest BCUT2D eigenvalue weighted by atomic mass is 10.1. The molecule has 0 saturated heterocycles. The minimum atomic E-state index is -3.89. The molecule has 1 amide bonds. The summed E-state index contributed by atoms with van der Waals surface area (Å²) in [5, 5.41) is 2.97. The summed E-state index contributed by atoms with van der Waals surface area (Å²) in [6, 6.07) is 2.22. The Morgan fingerprint density at radius 1 is 1.23 bits per heavy atom. The highest BCUT2D eigenvalue weighted by Gasteiger charge is 2.23. The third-order valence-electron chi connectivity index (χ3n) is 3.84. The van der Waals surface area contributed by atoms with Gasteiger partial charge in [0.2, 0.25) is 15.9 Å². The molecule has 0 heterocycles. The number of esters is 1. The van der Waals surface area contributed by atoms with Gasteiger partial charge >= 0.3 is 5.97 Å². The number of halogens is 1. The lowest BCUT2D eigenvalue weighted by molar-refractivity contribution is -0.145. The average Bonchev–Trinajstić information content (AvgIpc) is 2.59. The van der Waals surface area contributed by atoms with E-state index in [4.69, 9.17) is 11.6 Å². The summed E-state index contributed by atoms with van der Waals surface area (Å²) in [5.41, 5.74) is 1.09. The maximum absolute atomic E-state index is 12.4. The van der Waals surface area contributed by atoms with Crippen LogP contribution in [0.3, 0.4) is 0 Å². The van der Waals surface area contributed by atoms with Crippen LogP contribution in [-0.4, -0.2) is 40.0 Å². The van der Waals surface area contributed by atoms with Gasteiger partial charge in [0.15, 0.2) is 0 Å². The van der Waals surface area contributed by atoms with E-state index >= 15 is 0 Å². The van der Waals surface area contributed by atoms with E-state index in [-0.39, 0.29) is 4.90 Å². The van der Waals surface area contributed by atoms with Crippen LogP contribution in [0.5, 0.6) is 0 Å². The number of rotatable bonds is 9. The molecule has 9 heteroatoms. The predicted molar refractivity (Wildman–Crippen MR) is 99.6 cm³/mol. The molecular weight excluding hydrogens is 380 g/mol. The summed E-state index contributed by atoms with van der Waals surface area (Å²) in [6.07, 6.45) is 2.01. The first-order valence-corrected chi connectivity index (χ1v) is 10.1. The van der Waals surface area contributed by atoms with Crippen LogP contribution in [0.1, 0.15) is 37.3 Å². The van der Waals surface area contributed by atoms with Crippen molar-refractivity contribution in [3.8, 4) is 0 Å². The van der Waals surface area contributed by atoms with E-state index in [9.17, 15) is 18.0 Å². The summed E-state index contributed by atoms with van der Waals surface area (Å²) >= 11 is 5.98. The van der Waals surface area contributed by atoms with Gasteiger partial charge in [-0.25, -0.2) is 17.9 Å². The van der Waals surface area contributed by atoms with Crippen molar-refractivity contribution >= 4 is 33.5 Å². The van der Waals surface area contributed by atoms with Crippen LogP contribution in [0.15, 0.2) is 17.0 Å². The summed E-state index contributed by atoms with van der Waals surface area (Å²) in [4.78, 5) is 23.8. The Bertz CT molecular complexity index is 765. The van der Waals surface area contributed by atoms with Crippen LogP contribution >= 0.6 is 11.6 Å². The van der Waals surface area contributed by atoms with Gasteiger partial charge in [-0.3, -0.25) is 4.79 Å². The second-order valence-corrected chi connectivity index (χ2v) is 8.12. The van der Waals surface area contributed by atoms with Gasteiger partial charge in [-0.15, -0.1) is 0 Å². The molecule has 0 aliphatic rings. The fraction of sp³-hybridized carbons (Fsp3) is 0.529. The van der Waals surface area contributed by atoms with Gasteiger partial charge < -0.3 is 10.1 Å². The van der Waals surface area contributed by atoms with Gasteiger partial charge in [0.05, 0.1) is 18.6 Å². The van der Waals surface area contributed by atoms with E-state index in [1.807, 2.05) is 6.92 Å². The quantitative estimate of drug-likeness (QED) is 0.613. The van der Waals surface area contributed by atoms with Crippen LogP contribution in [0.4, 0.5) is 0 Å². The van der Waals surface area contributed by atoms with Gasteiger partial charge in [0, 0.05) is 5.02 Å². The van der Waals surface area contributed by atoms with Gasteiger partial charge in [0.25, 0.3) is 0 Å². The minimum absolute atomic E-state index is 0.0581. The first-order valence-electron chi connectivity index (χ1n) is 8.26. The zero-order chi connectivity index (χ0) is 19.9. The number of hydrogen-bond acceptors (Lipinski definition) is 5. The SMILES string of the molecule is CCCCC(NC(=O)CNS(=O)(=O)c1cc(C)c(Cl)cc1C)C(=O)OC. The molecule has 7 nitrogen and oxygen atoms in total. The molecule has 0 fully saturated rings. The lowest BCUT2D eigenvalue weighted by Gasteiger charge is -2.16. The molecule has 2 N–H and O–H groups in total. The number of hydrogen-bond donors (Lipinski definition) is 2. The summed E-state index contributed by atoms with van der Waals surface area (Å²) in [5.74, 6) is -1.16. The number of sulfonamides is 1. The molecule has 0 spiro atoms. The highest BCUT2D eigenvalue weighted by atomic mass is 35.5. The van der Waals surface area contributed by atoms with E-state index in [0.29, 0.717) is 22.6 Å². The third-order valence-corrected chi connectivity index (χ3v) is 5.79. The minimum Gasteiger partial charge on any atom is -0.467 e. The molecule has 0 radical (unpaired) electrons. The number of unbranched alkanes of at least 4 members (excludes halogenated alkanes) is 1. The van der Waals surface area contributed by atoms with Gasteiger partial charge in [-0.2, -0.15) is 0 Å². The van der Waals surface area contributed by atoms with Gasteiger partial charge in [-0.05, 0) is 43.5 Å². The number of nitrogens with one attached hydrogen (secondary N) is 2. The molecule has 0 bridgehead atoms. The van der Waals surface area contributed by atoms with E-state index in [1.54, 1.807) is 19.9 Å². The number of methoxy groups -OCH3 is 1. The number of carbonyl (C=O) groups excluding carboxylic acids is 2. The zero-order valence-corrected chi connectivity index (χ0v) is 17.0. The number of benzene rings is 1. The lowest BCUT2D eigenvalue weighted by Crippen LogP contribution is -2.46. The molecule has 1 rings (SSSR count). The molecule has 1 atom stereocenters. The average molecular weight is 405 g/mol. The van der Waals surface area contributed by atoms with Crippen LogP contribution in [0.25, 0.3) is 0 Å². The Balaban J connectivity index is 2.79. The molecular formula is C17H25ClN2O5S. The fourth-order valence-electron chi connectivity index (χ4n) is 2.33. The van der Waals surface area contributed by atoms with E-state index in [1.165, 1.54) is 13.2 Å². The van der Waals surface area contributed by atoms with Crippen LogP contribution in [0.2, 0.25) is 5.02 Å². The van der Waals surface area contributed by atoms with Crippen molar-refractivity contribution in [3.05, 3.63) is 28.3 Å². The smallest absolute Gasteiger partial charge is 0.328 e. The summed E-state index contributed by atoms with van der Waals surface area (Å²) in [7, 11) is -2.65. The number of aryl methyl sites for hydroxylation is 2. The molecule has 1 aromatic rings. The normalized spacial score (nSPS) is 12.5. The highest BCUT2D eigenvalue weighted by Crippen LogP contribution is 2.23. The van der Waals surface area contributed by atoms with Gasteiger partial charge in [-0.1, -0.05) is 31.4 Å². The predicted octanol–water partition coefficient (Wildman–Crippen LogP) is 2.08. The monoisotopic (exact) mass is 404 g/mol. The van der Waals surface area contributed by atoms with E-state index < -0.39 is 34.5 Å². The Labute approximate surface area is 159 Å². The van der Waals surface area contributed by atoms with Crippen molar-refractivity contribution < 1.29 is 22.7 Å². The standard InChI is InChI=1S/C17H25ClN2O5S/c1-5-6-7-14(17(22)25-4)20-16(21)10-19-26(23,24)15-9-11(2)13(18)8-12(15)3/h8-9,14,19H,5-7,10H2,1-4H3,(H,20,21). The van der Waals surface area contributed by atoms with Crippen molar-refractivity contribution in [1.82, 2.24) is 10.0 Å². The molecule has 26 heavy (non-hydrogen) atoms. The first kappa shape index (κ1) is 22.4. The topological polar surface area (TPSA) is 102 Å². The molecule has 1 unspecified atom stereocenters. The highest BCUT2D eigenvalue weighted by molar-refractivity contribution is 7.89. The Hall–Kier alpha value is -1.64.